The number of likely N-dealkylation sites (tertiary alicyclic amines) is 1. The van der Waals surface area contributed by atoms with E-state index in [0.29, 0.717) is 17.9 Å². The van der Waals surface area contributed by atoms with E-state index >= 15 is 0 Å². The average Bonchev–Trinajstić information content (AvgIpc) is 3.46. The summed E-state index contributed by atoms with van der Waals surface area (Å²) >= 11 is 0. The number of piperidine rings is 1. The lowest BCUT2D eigenvalue weighted by Gasteiger charge is -2.63. The number of benzene rings is 2. The van der Waals surface area contributed by atoms with Gasteiger partial charge in [0.05, 0.1) is 31.8 Å². The van der Waals surface area contributed by atoms with Crippen molar-refractivity contribution in [3.05, 3.63) is 101 Å². The fourth-order valence-corrected chi connectivity index (χ4v) is 10.4. The van der Waals surface area contributed by atoms with Crippen LogP contribution in [0.2, 0.25) is 0 Å². The molecule has 278 valence electrons. The van der Waals surface area contributed by atoms with Crippen LogP contribution in [0.3, 0.4) is 0 Å². The Balaban J connectivity index is 1.27. The van der Waals surface area contributed by atoms with Gasteiger partial charge in [-0.2, -0.15) is 0 Å². The molecule has 1 N–H and O–H groups in total. The molecule has 3 aliphatic carbocycles. The molecule has 3 fully saturated rings. The van der Waals surface area contributed by atoms with E-state index in [1.165, 1.54) is 30.4 Å². The van der Waals surface area contributed by atoms with Gasteiger partial charge in [0.15, 0.2) is 11.5 Å². The molecule has 8 nitrogen and oxygen atoms in total. The van der Waals surface area contributed by atoms with Gasteiger partial charge < -0.3 is 28.7 Å². The van der Waals surface area contributed by atoms with Gasteiger partial charge in [0.2, 0.25) is 5.76 Å². The van der Waals surface area contributed by atoms with Crippen LogP contribution in [0.4, 0.5) is 13.2 Å². The van der Waals surface area contributed by atoms with Crippen molar-refractivity contribution in [2.75, 3.05) is 26.7 Å². The molecule has 11 heteroatoms. The summed E-state index contributed by atoms with van der Waals surface area (Å²) in [6, 6.07) is 18.7. The Kier molecular flexibility index (Phi) is 9.67. The number of quaternary nitrogens is 1. The number of nitrogens with zero attached hydrogens (tertiary/aromatic N) is 1. The van der Waals surface area contributed by atoms with Crippen LogP contribution in [-0.2, 0) is 35.0 Å². The molecule has 2 bridgehead atoms. The lowest BCUT2D eigenvalue weighted by atomic mass is 9.50. The molecule has 0 aromatic heterocycles. The van der Waals surface area contributed by atoms with Crippen LogP contribution >= 0.6 is 0 Å². The van der Waals surface area contributed by atoms with Crippen LogP contribution in [0.5, 0.6) is 0 Å². The molecule has 1 spiro atoms. The van der Waals surface area contributed by atoms with Gasteiger partial charge in [-0.3, -0.25) is 9.59 Å². The minimum Gasteiger partial charge on any atom is -0.422 e. The van der Waals surface area contributed by atoms with E-state index in [0.717, 1.165) is 75.1 Å². The smallest absolute Gasteiger partial charge is 0.422 e. The SMILES string of the molecule is COC1(NC(=O)C(OC(F)(F)F)=C(OC(C)=O)c2ccccc2)C=CC2=C3C1O[C@H]1CCC[C@H]4[C@@H](C2)[N+](CCc2ccccc2)(CC(C)C)CC[C@]314. The van der Waals surface area contributed by atoms with Crippen molar-refractivity contribution in [1.82, 2.24) is 5.32 Å². The van der Waals surface area contributed by atoms with E-state index in [1.807, 2.05) is 6.08 Å². The van der Waals surface area contributed by atoms with Gasteiger partial charge in [-0.25, -0.2) is 0 Å². The Morgan fingerprint density at radius 3 is 2.42 bits per heavy atom. The molecule has 7 rings (SSSR count). The summed E-state index contributed by atoms with van der Waals surface area (Å²) in [6.07, 6.45) is 3.27. The predicted octanol–water partition coefficient (Wildman–Crippen LogP) is 7.23. The zero-order chi connectivity index (χ0) is 36.9. The van der Waals surface area contributed by atoms with E-state index in [2.05, 4.69) is 54.2 Å². The zero-order valence-corrected chi connectivity index (χ0v) is 30.2. The normalized spacial score (nSPS) is 32.2. The number of hydrogen-bond donors (Lipinski definition) is 1. The summed E-state index contributed by atoms with van der Waals surface area (Å²) in [5, 5.41) is 2.74. The molecule has 2 heterocycles. The number of nitrogens with one attached hydrogen (secondary N) is 1. The third kappa shape index (κ3) is 6.38. The number of carbonyl (C=O) groups excluding carboxylic acids is 2. The van der Waals surface area contributed by atoms with Crippen molar-refractivity contribution >= 4 is 17.6 Å². The molecule has 52 heavy (non-hydrogen) atoms. The van der Waals surface area contributed by atoms with Gasteiger partial charge in [-0.1, -0.05) is 87.0 Å². The Labute approximate surface area is 303 Å². The second-order valence-corrected chi connectivity index (χ2v) is 15.5. The fraction of sp³-hybridized carbons (Fsp3) is 0.512. The molecular formula is C41H48F3N2O6+. The second-order valence-electron chi connectivity index (χ2n) is 15.5. The summed E-state index contributed by atoms with van der Waals surface area (Å²) < 4.78 is 65.5. The van der Waals surface area contributed by atoms with Crippen LogP contribution in [0.15, 0.2) is 89.7 Å². The van der Waals surface area contributed by atoms with Crippen LogP contribution in [-0.4, -0.2) is 73.4 Å². The molecule has 1 amide bonds. The maximum absolute atomic E-state index is 14.1. The molecule has 2 aliphatic heterocycles. The molecule has 2 aromatic carbocycles. The van der Waals surface area contributed by atoms with Crippen LogP contribution in [0.1, 0.15) is 64.0 Å². The summed E-state index contributed by atoms with van der Waals surface area (Å²) in [7, 11) is 1.41. The minimum atomic E-state index is -5.27. The number of hydrogen-bond acceptors (Lipinski definition) is 6. The number of halogens is 3. The van der Waals surface area contributed by atoms with Crippen molar-refractivity contribution in [2.45, 2.75) is 89.6 Å². The second kappa shape index (κ2) is 13.8. The van der Waals surface area contributed by atoms with E-state index in [-0.39, 0.29) is 17.1 Å². The number of amides is 1. The third-order valence-electron chi connectivity index (χ3n) is 12.1. The number of methoxy groups -OCH3 is 1. The highest BCUT2D eigenvalue weighted by Gasteiger charge is 2.71. The Hall–Kier alpha value is -3.93. The molecule has 2 saturated heterocycles. The van der Waals surface area contributed by atoms with E-state index in [9.17, 15) is 22.8 Å². The standard InChI is InChI=1S/C41H47F3N2O6/c1-26(2)25-46(22-19-28-12-7-5-8-13-28)23-21-39-31-16-11-17-33(39)51-37-34(39)30(24-32(31)46)18-20-40(37,49-4)45-38(48)36(52-41(42,43)44)35(50-27(3)47)29-14-9-6-10-15-29/h5-10,12-15,18,20,26,31-33,37H,11,16-17,19,21-25H2,1-4H3/p+1/t31-,32+,33-,37?,39+,40?,46?/m0/s1. The molecule has 0 radical (unpaired) electrons. The average molecular weight is 722 g/mol. The molecule has 3 unspecified atom stereocenters. The molecular weight excluding hydrogens is 673 g/mol. The quantitative estimate of drug-likeness (QED) is 0.0868. The topological polar surface area (TPSA) is 83.1 Å². The summed E-state index contributed by atoms with van der Waals surface area (Å²) in [5.41, 5.74) is 1.78. The van der Waals surface area contributed by atoms with Crippen molar-refractivity contribution in [1.29, 1.82) is 0 Å². The van der Waals surface area contributed by atoms with Gasteiger partial charge >= 0.3 is 12.3 Å². The summed E-state index contributed by atoms with van der Waals surface area (Å²) in [4.78, 5) is 26.3. The van der Waals surface area contributed by atoms with Gasteiger partial charge in [0.25, 0.3) is 5.91 Å². The third-order valence-corrected chi connectivity index (χ3v) is 12.1. The Morgan fingerprint density at radius 2 is 1.77 bits per heavy atom. The molecule has 1 saturated carbocycles. The first-order chi connectivity index (χ1) is 24.8. The van der Waals surface area contributed by atoms with E-state index in [4.69, 9.17) is 14.2 Å². The number of carbonyl (C=O) groups is 2. The molecule has 7 atom stereocenters. The number of ether oxygens (including phenoxy) is 4. The summed E-state index contributed by atoms with van der Waals surface area (Å²) in [5.74, 6) is -3.17. The molecule has 5 aliphatic rings. The van der Waals surface area contributed by atoms with Gasteiger partial charge in [0.1, 0.15) is 6.10 Å². The highest BCUT2D eigenvalue weighted by Crippen LogP contribution is 2.67. The fourth-order valence-electron chi connectivity index (χ4n) is 10.4. The van der Waals surface area contributed by atoms with Gasteiger partial charge in [0, 0.05) is 56.1 Å². The first kappa shape index (κ1) is 36.4. The largest absolute Gasteiger partial charge is 0.573 e. The van der Waals surface area contributed by atoms with Gasteiger partial charge in [-0.15, -0.1) is 13.2 Å². The lowest BCUT2D eigenvalue weighted by molar-refractivity contribution is -0.965. The van der Waals surface area contributed by atoms with E-state index < -0.39 is 41.6 Å². The summed E-state index contributed by atoms with van der Waals surface area (Å²) in [6.45, 7) is 8.81. The molecule has 2 aromatic rings. The minimum absolute atomic E-state index is 0.0587. The van der Waals surface area contributed by atoms with Crippen LogP contribution in [0, 0.1) is 17.3 Å². The first-order valence-electron chi connectivity index (χ1n) is 18.4. The lowest BCUT2D eigenvalue weighted by Crippen LogP contribution is -2.71. The number of esters is 1. The first-order valence-corrected chi connectivity index (χ1v) is 18.4. The van der Waals surface area contributed by atoms with E-state index in [1.54, 1.807) is 24.3 Å². The van der Waals surface area contributed by atoms with Crippen molar-refractivity contribution < 1.29 is 46.2 Å². The predicted molar refractivity (Wildman–Crippen MR) is 188 cm³/mol. The zero-order valence-electron chi connectivity index (χ0n) is 30.2. The maximum atomic E-state index is 14.1. The number of allylic oxidation sites excluding steroid dienone is 1. The number of alkyl halides is 3. The Bertz CT molecular complexity index is 1780. The number of rotatable bonds is 11. The van der Waals surface area contributed by atoms with Crippen molar-refractivity contribution in [3.63, 3.8) is 0 Å². The Morgan fingerprint density at radius 1 is 1.06 bits per heavy atom. The van der Waals surface area contributed by atoms with Crippen LogP contribution in [0.25, 0.3) is 5.76 Å². The van der Waals surface area contributed by atoms with Gasteiger partial charge in [-0.05, 0) is 35.6 Å². The van der Waals surface area contributed by atoms with Crippen LogP contribution < -0.4 is 5.32 Å². The highest BCUT2D eigenvalue weighted by atomic mass is 19.4. The van der Waals surface area contributed by atoms with Crippen molar-refractivity contribution in [2.24, 2.45) is 17.3 Å². The monoisotopic (exact) mass is 721 g/mol. The maximum Gasteiger partial charge on any atom is 0.573 e. The van der Waals surface area contributed by atoms with Crippen molar-refractivity contribution in [3.8, 4) is 0 Å². The highest BCUT2D eigenvalue weighted by molar-refractivity contribution is 6.00.